The maximum atomic E-state index is 12.1. The van der Waals surface area contributed by atoms with Crippen LogP contribution in [0.3, 0.4) is 0 Å². The van der Waals surface area contributed by atoms with Crippen LogP contribution in [-0.2, 0) is 0 Å². The highest BCUT2D eigenvalue weighted by Gasteiger charge is 1.88. The highest BCUT2D eigenvalue weighted by atomic mass is 19.1. The van der Waals surface area contributed by atoms with Gasteiger partial charge in [0.2, 0.25) is 0 Å². The number of rotatable bonds is 1. The SMILES string of the molecule is [CH2]Oc1ccc(F)cc1. The molecule has 1 nitrogen and oxygen atoms in total. The lowest BCUT2D eigenvalue weighted by molar-refractivity contribution is 0.471. The van der Waals surface area contributed by atoms with Crippen LogP contribution in [0, 0.1) is 12.9 Å². The normalized spacial score (nSPS) is 9.11. The van der Waals surface area contributed by atoms with Gasteiger partial charge in [0, 0.05) is 0 Å². The summed E-state index contributed by atoms with van der Waals surface area (Å²) < 4.78 is 16.7. The monoisotopic (exact) mass is 125 g/mol. The number of ether oxygens (including phenoxy) is 1. The largest absolute Gasteiger partial charge is 0.490 e. The van der Waals surface area contributed by atoms with Crippen molar-refractivity contribution in [1.29, 1.82) is 0 Å². The molecule has 47 valence electrons. The Morgan fingerprint density at radius 1 is 1.22 bits per heavy atom. The van der Waals surface area contributed by atoms with Crippen molar-refractivity contribution < 1.29 is 9.13 Å². The van der Waals surface area contributed by atoms with Gasteiger partial charge in [-0.3, -0.25) is 0 Å². The average molecular weight is 125 g/mol. The summed E-state index contributed by atoms with van der Waals surface area (Å²) in [5.74, 6) is 0.298. The Kier molecular flexibility index (Phi) is 1.68. The maximum Gasteiger partial charge on any atom is 0.123 e. The molecule has 0 heterocycles. The van der Waals surface area contributed by atoms with Crippen molar-refractivity contribution in [2.24, 2.45) is 0 Å². The second-order valence-corrected chi connectivity index (χ2v) is 1.60. The zero-order chi connectivity index (χ0) is 6.69. The Balaban J connectivity index is 2.88. The van der Waals surface area contributed by atoms with Crippen LogP contribution in [0.1, 0.15) is 0 Å². The Morgan fingerprint density at radius 2 is 1.78 bits per heavy atom. The van der Waals surface area contributed by atoms with Crippen molar-refractivity contribution in [3.63, 3.8) is 0 Å². The summed E-state index contributed by atoms with van der Waals surface area (Å²) in [6.07, 6.45) is 0. The molecule has 0 aromatic heterocycles. The predicted molar refractivity (Wildman–Crippen MR) is 32.4 cm³/mol. The van der Waals surface area contributed by atoms with Crippen molar-refractivity contribution in [1.82, 2.24) is 0 Å². The molecule has 0 N–H and O–H groups in total. The van der Waals surface area contributed by atoms with Gasteiger partial charge in [-0.05, 0) is 24.3 Å². The molecule has 9 heavy (non-hydrogen) atoms. The topological polar surface area (TPSA) is 9.23 Å². The first-order valence-electron chi connectivity index (χ1n) is 2.50. The molecular weight excluding hydrogens is 119 g/mol. The van der Waals surface area contributed by atoms with E-state index in [4.69, 9.17) is 0 Å². The molecule has 0 aliphatic carbocycles. The van der Waals surface area contributed by atoms with Gasteiger partial charge < -0.3 is 4.74 Å². The lowest BCUT2D eigenvalue weighted by Crippen LogP contribution is -1.78. The third-order valence-corrected chi connectivity index (χ3v) is 0.980. The fraction of sp³-hybridized carbons (Fsp3) is 0. The molecule has 0 spiro atoms. The van der Waals surface area contributed by atoms with Crippen LogP contribution in [0.15, 0.2) is 24.3 Å². The molecule has 0 saturated carbocycles. The van der Waals surface area contributed by atoms with Crippen molar-refractivity contribution in [2.75, 3.05) is 0 Å². The number of halogens is 1. The van der Waals surface area contributed by atoms with Gasteiger partial charge in [0.1, 0.15) is 18.7 Å². The van der Waals surface area contributed by atoms with Gasteiger partial charge in [0.05, 0.1) is 0 Å². The molecule has 1 rings (SSSR count). The van der Waals surface area contributed by atoms with Crippen LogP contribution in [0.5, 0.6) is 5.75 Å². The number of hydrogen-bond donors (Lipinski definition) is 0. The lowest BCUT2D eigenvalue weighted by Gasteiger charge is -1.95. The van der Waals surface area contributed by atoms with Gasteiger partial charge in [0.25, 0.3) is 0 Å². The first kappa shape index (κ1) is 6.08. The van der Waals surface area contributed by atoms with E-state index in [0.29, 0.717) is 5.75 Å². The maximum absolute atomic E-state index is 12.1. The summed E-state index contributed by atoms with van der Waals surface area (Å²) in [7, 11) is 3.16. The van der Waals surface area contributed by atoms with Gasteiger partial charge in [-0.15, -0.1) is 0 Å². The minimum Gasteiger partial charge on any atom is -0.490 e. The highest BCUT2D eigenvalue weighted by molar-refractivity contribution is 5.21. The van der Waals surface area contributed by atoms with E-state index in [9.17, 15) is 4.39 Å². The van der Waals surface area contributed by atoms with E-state index in [2.05, 4.69) is 11.8 Å². The van der Waals surface area contributed by atoms with Crippen LogP contribution in [0.2, 0.25) is 0 Å². The molecule has 0 unspecified atom stereocenters. The molecule has 0 aliphatic heterocycles. The van der Waals surface area contributed by atoms with E-state index < -0.39 is 0 Å². The van der Waals surface area contributed by atoms with E-state index in [-0.39, 0.29) is 5.82 Å². The van der Waals surface area contributed by atoms with E-state index in [1.165, 1.54) is 24.3 Å². The van der Waals surface area contributed by atoms with Crippen molar-refractivity contribution in [2.45, 2.75) is 0 Å². The Bertz CT molecular complexity index is 181. The Morgan fingerprint density at radius 3 is 2.22 bits per heavy atom. The molecule has 1 aromatic carbocycles. The van der Waals surface area contributed by atoms with Crippen LogP contribution in [0.4, 0.5) is 4.39 Å². The fourth-order valence-electron chi connectivity index (χ4n) is 0.531. The van der Waals surface area contributed by atoms with Crippen LogP contribution in [-0.4, -0.2) is 0 Å². The lowest BCUT2D eigenvalue weighted by atomic mass is 10.3. The van der Waals surface area contributed by atoms with E-state index >= 15 is 0 Å². The smallest absolute Gasteiger partial charge is 0.123 e. The molecule has 0 fully saturated rings. The second-order valence-electron chi connectivity index (χ2n) is 1.60. The molecule has 0 atom stereocenters. The second kappa shape index (κ2) is 2.49. The molecule has 0 bridgehead atoms. The molecule has 0 saturated heterocycles. The van der Waals surface area contributed by atoms with Gasteiger partial charge in [-0.2, -0.15) is 0 Å². The summed E-state index contributed by atoms with van der Waals surface area (Å²) in [4.78, 5) is 0. The Hall–Kier alpha value is -1.05. The summed E-state index contributed by atoms with van der Waals surface area (Å²) in [5.41, 5.74) is 0. The Labute approximate surface area is 53.1 Å². The molecular formula is C7H6FO. The van der Waals surface area contributed by atoms with Crippen molar-refractivity contribution in [3.05, 3.63) is 37.2 Å². The molecule has 1 aromatic rings. The summed E-state index contributed by atoms with van der Waals surface area (Å²) in [6, 6.07) is 5.67. The summed E-state index contributed by atoms with van der Waals surface area (Å²) >= 11 is 0. The van der Waals surface area contributed by atoms with E-state index in [1.807, 2.05) is 0 Å². The molecule has 0 amide bonds. The minimum absolute atomic E-state index is 0.268. The zero-order valence-corrected chi connectivity index (χ0v) is 4.80. The van der Waals surface area contributed by atoms with E-state index in [1.54, 1.807) is 0 Å². The van der Waals surface area contributed by atoms with Gasteiger partial charge >= 0.3 is 0 Å². The standard InChI is InChI=1S/C7H6FO/c1-9-7-4-2-6(8)3-5-7/h2-5H,1H2. The third kappa shape index (κ3) is 1.42. The molecule has 2 heteroatoms. The van der Waals surface area contributed by atoms with Crippen LogP contribution in [0.25, 0.3) is 0 Å². The van der Waals surface area contributed by atoms with Gasteiger partial charge in [-0.25, -0.2) is 4.39 Å². The quantitative estimate of drug-likeness (QED) is 0.557. The van der Waals surface area contributed by atoms with Crippen molar-refractivity contribution >= 4 is 0 Å². The van der Waals surface area contributed by atoms with Crippen LogP contribution >= 0.6 is 0 Å². The van der Waals surface area contributed by atoms with Gasteiger partial charge in [0.15, 0.2) is 0 Å². The van der Waals surface area contributed by atoms with Crippen molar-refractivity contribution in [3.8, 4) is 5.75 Å². The average Bonchev–Trinajstić information content (AvgIpc) is 1.90. The zero-order valence-electron chi connectivity index (χ0n) is 4.80. The first-order chi connectivity index (χ1) is 4.33. The number of benzene rings is 1. The van der Waals surface area contributed by atoms with Crippen LogP contribution < -0.4 is 4.74 Å². The van der Waals surface area contributed by atoms with Gasteiger partial charge in [-0.1, -0.05) is 0 Å². The minimum atomic E-state index is -0.268. The summed E-state index contributed by atoms with van der Waals surface area (Å²) in [6.45, 7) is 0. The molecule has 0 aliphatic rings. The fourth-order valence-corrected chi connectivity index (χ4v) is 0.531. The first-order valence-corrected chi connectivity index (χ1v) is 2.50. The predicted octanol–water partition coefficient (Wildman–Crippen LogP) is 2.00. The van der Waals surface area contributed by atoms with E-state index in [0.717, 1.165) is 0 Å². The summed E-state index contributed by atoms with van der Waals surface area (Å²) in [5, 5.41) is 0. The third-order valence-electron chi connectivity index (χ3n) is 0.980. The number of hydrogen-bond acceptors (Lipinski definition) is 1. The highest BCUT2D eigenvalue weighted by Crippen LogP contribution is 2.09. The molecule has 1 radical (unpaired) electrons.